The van der Waals surface area contributed by atoms with Gasteiger partial charge in [-0.1, -0.05) is 28.1 Å². The lowest BCUT2D eigenvalue weighted by molar-refractivity contribution is -0.152. The van der Waals surface area contributed by atoms with Crippen LogP contribution in [0.4, 0.5) is 0 Å². The lowest BCUT2D eigenvalue weighted by Gasteiger charge is -2.25. The molecule has 3 rings (SSSR count). The number of hydrogen-bond donors (Lipinski definition) is 0. The van der Waals surface area contributed by atoms with Crippen molar-refractivity contribution >= 4 is 43.7 Å². The third-order valence-electron chi connectivity index (χ3n) is 7.73. The van der Waals surface area contributed by atoms with Gasteiger partial charge in [-0.05, 0) is 75.6 Å². The van der Waals surface area contributed by atoms with Gasteiger partial charge in [0.25, 0.3) is 10.1 Å². The fraction of sp³-hybridized carbons (Fsp3) is 0.552. The number of carbonyl (C=O) groups is 3. The second-order valence-corrected chi connectivity index (χ2v) is 12.9. The maximum atomic E-state index is 13.7. The number of ether oxygens (including phenoxy) is 1. The van der Waals surface area contributed by atoms with E-state index in [1.807, 2.05) is 6.08 Å². The average molecular weight is 625 g/mol. The van der Waals surface area contributed by atoms with Crippen LogP contribution in [0.25, 0.3) is 0 Å². The fourth-order valence-electron chi connectivity index (χ4n) is 5.43. The number of esters is 1. The van der Waals surface area contributed by atoms with E-state index in [-0.39, 0.29) is 48.4 Å². The molecule has 214 valence electrons. The molecule has 0 aliphatic heterocycles. The molecule has 5 atom stereocenters. The van der Waals surface area contributed by atoms with Gasteiger partial charge in [-0.2, -0.15) is 8.42 Å². The number of benzene rings is 1. The number of amides is 1. The molecule has 2 fully saturated rings. The van der Waals surface area contributed by atoms with E-state index in [1.165, 1.54) is 12.1 Å². The molecule has 0 bridgehead atoms. The highest BCUT2D eigenvalue weighted by Crippen LogP contribution is 2.58. The maximum absolute atomic E-state index is 13.7. The summed E-state index contributed by atoms with van der Waals surface area (Å²) in [6.07, 6.45) is 5.72. The standard InChI is InChI=1S/C29H38BrNO7S/c1-5-8-9-10-15-31(4)27(33)25-17-22(38-39(35,36)23-13-11-21(30)12-14-23)16-24(25)26(32)19-29(18-20(29)6-2)28(34)37-7-3/h5-6,11-14,20,22,24-25H,1-2,7-10,15-19H2,3-4H3/t20-,22+,24-,25-,29-/m1/s1. The maximum Gasteiger partial charge on any atom is 0.313 e. The van der Waals surface area contributed by atoms with Crippen LogP contribution in [-0.4, -0.2) is 57.3 Å². The minimum absolute atomic E-state index is 0.00393. The largest absolute Gasteiger partial charge is 0.466 e. The van der Waals surface area contributed by atoms with Gasteiger partial charge in [0, 0.05) is 30.4 Å². The summed E-state index contributed by atoms with van der Waals surface area (Å²) in [4.78, 5) is 41.6. The molecular formula is C29H38BrNO7S. The molecule has 2 aliphatic rings. The second-order valence-electron chi connectivity index (χ2n) is 10.4. The number of Topliss-reactive ketones (excluding diaryl/α,β-unsaturated/α-hetero) is 1. The van der Waals surface area contributed by atoms with Crippen molar-refractivity contribution in [1.29, 1.82) is 0 Å². The minimum Gasteiger partial charge on any atom is -0.466 e. The van der Waals surface area contributed by atoms with Crippen molar-refractivity contribution in [3.8, 4) is 0 Å². The van der Waals surface area contributed by atoms with E-state index in [2.05, 4.69) is 29.1 Å². The summed E-state index contributed by atoms with van der Waals surface area (Å²) in [5.74, 6) is -2.59. The Morgan fingerprint density at radius 2 is 1.79 bits per heavy atom. The van der Waals surface area contributed by atoms with Crippen LogP contribution in [0.2, 0.25) is 0 Å². The smallest absolute Gasteiger partial charge is 0.313 e. The van der Waals surface area contributed by atoms with Gasteiger partial charge >= 0.3 is 5.97 Å². The molecule has 39 heavy (non-hydrogen) atoms. The van der Waals surface area contributed by atoms with Gasteiger partial charge in [0.2, 0.25) is 5.91 Å². The summed E-state index contributed by atoms with van der Waals surface area (Å²) in [5.41, 5.74) is -0.971. The highest BCUT2D eigenvalue weighted by Gasteiger charge is 2.61. The normalized spacial score (nSPS) is 26.0. The summed E-state index contributed by atoms with van der Waals surface area (Å²) in [5, 5.41) is 0. The summed E-state index contributed by atoms with van der Waals surface area (Å²) >= 11 is 3.29. The summed E-state index contributed by atoms with van der Waals surface area (Å²) in [6.45, 7) is 9.92. The Kier molecular flexibility index (Phi) is 10.7. The number of hydrogen-bond acceptors (Lipinski definition) is 7. The van der Waals surface area contributed by atoms with Crippen LogP contribution >= 0.6 is 15.9 Å². The SMILES string of the molecule is C=CCCCCN(C)C(=O)[C@@H]1C[C@@H](OS(=O)(=O)c2ccc(Br)cc2)C[C@H]1C(=O)C[C@]1(C(=O)OCC)C[C@H]1C=C. The van der Waals surface area contributed by atoms with Gasteiger partial charge in [0.05, 0.1) is 28.9 Å². The Hall–Kier alpha value is -2.30. The number of allylic oxidation sites excluding steroid dienone is 2. The van der Waals surface area contributed by atoms with Crippen LogP contribution in [0.5, 0.6) is 0 Å². The van der Waals surface area contributed by atoms with Crippen LogP contribution in [0.15, 0.2) is 58.9 Å². The number of halogens is 1. The predicted octanol–water partition coefficient (Wildman–Crippen LogP) is 5.08. The average Bonchev–Trinajstić information content (AvgIpc) is 3.46. The molecular weight excluding hydrogens is 586 g/mol. The molecule has 2 saturated carbocycles. The van der Waals surface area contributed by atoms with Crippen molar-refractivity contribution in [2.45, 2.75) is 62.9 Å². The van der Waals surface area contributed by atoms with Crippen LogP contribution in [-0.2, 0) is 33.4 Å². The Balaban J connectivity index is 1.80. The molecule has 10 heteroatoms. The van der Waals surface area contributed by atoms with Gasteiger partial charge in [-0.25, -0.2) is 0 Å². The molecule has 0 heterocycles. The highest BCUT2D eigenvalue weighted by atomic mass is 79.9. The summed E-state index contributed by atoms with van der Waals surface area (Å²) < 4.78 is 37.5. The monoisotopic (exact) mass is 623 g/mol. The molecule has 2 aliphatic carbocycles. The first-order valence-corrected chi connectivity index (χ1v) is 15.6. The van der Waals surface area contributed by atoms with E-state index in [9.17, 15) is 22.8 Å². The van der Waals surface area contributed by atoms with Crippen molar-refractivity contribution in [1.82, 2.24) is 4.90 Å². The fourth-order valence-corrected chi connectivity index (χ4v) is 6.80. The second kappa shape index (κ2) is 13.4. The molecule has 0 aromatic heterocycles. The van der Waals surface area contributed by atoms with E-state index in [1.54, 1.807) is 37.1 Å². The topological polar surface area (TPSA) is 107 Å². The van der Waals surface area contributed by atoms with Gasteiger partial charge in [-0.3, -0.25) is 18.6 Å². The van der Waals surface area contributed by atoms with Crippen molar-refractivity contribution in [3.63, 3.8) is 0 Å². The zero-order valence-corrected chi connectivity index (χ0v) is 25.0. The molecule has 1 amide bonds. The molecule has 0 saturated heterocycles. The molecule has 1 aromatic carbocycles. The molecule has 0 unspecified atom stereocenters. The first-order valence-electron chi connectivity index (χ1n) is 13.4. The van der Waals surface area contributed by atoms with E-state index < -0.39 is 39.4 Å². The Morgan fingerprint density at radius 3 is 2.38 bits per heavy atom. The molecule has 0 N–H and O–H groups in total. The number of ketones is 1. The first-order chi connectivity index (χ1) is 18.5. The zero-order valence-electron chi connectivity index (χ0n) is 22.6. The van der Waals surface area contributed by atoms with Crippen LogP contribution in [0.3, 0.4) is 0 Å². The lowest BCUT2D eigenvalue weighted by Crippen LogP contribution is -2.38. The lowest BCUT2D eigenvalue weighted by atomic mass is 9.84. The third-order valence-corrected chi connectivity index (χ3v) is 9.64. The summed E-state index contributed by atoms with van der Waals surface area (Å²) in [7, 11) is -2.42. The highest BCUT2D eigenvalue weighted by molar-refractivity contribution is 9.10. The van der Waals surface area contributed by atoms with Crippen molar-refractivity contribution in [2.75, 3.05) is 20.2 Å². The Morgan fingerprint density at radius 1 is 1.13 bits per heavy atom. The van der Waals surface area contributed by atoms with Crippen molar-refractivity contribution in [2.24, 2.45) is 23.2 Å². The van der Waals surface area contributed by atoms with Crippen LogP contribution in [0, 0.1) is 23.2 Å². The van der Waals surface area contributed by atoms with E-state index >= 15 is 0 Å². The third kappa shape index (κ3) is 7.46. The van der Waals surface area contributed by atoms with Gasteiger partial charge < -0.3 is 9.64 Å². The zero-order chi connectivity index (χ0) is 28.8. The number of rotatable bonds is 15. The number of carbonyl (C=O) groups excluding carboxylic acids is 3. The quantitative estimate of drug-likeness (QED) is 0.116. The molecule has 8 nitrogen and oxygen atoms in total. The van der Waals surface area contributed by atoms with Gasteiger partial charge in [0.15, 0.2) is 0 Å². The predicted molar refractivity (Wildman–Crippen MR) is 151 cm³/mol. The van der Waals surface area contributed by atoms with E-state index in [4.69, 9.17) is 8.92 Å². The van der Waals surface area contributed by atoms with E-state index in [0.717, 1.165) is 23.7 Å². The van der Waals surface area contributed by atoms with Gasteiger partial charge in [-0.15, -0.1) is 13.2 Å². The minimum atomic E-state index is -4.11. The molecule has 0 spiro atoms. The number of unbranched alkanes of at least 4 members (excludes halogenated alkanes) is 2. The first kappa shape index (κ1) is 31.2. The Bertz CT molecular complexity index is 1180. The molecule has 0 radical (unpaired) electrons. The van der Waals surface area contributed by atoms with Crippen molar-refractivity contribution in [3.05, 3.63) is 54.0 Å². The number of nitrogens with zero attached hydrogens (tertiary/aromatic N) is 1. The Labute approximate surface area is 240 Å². The molecule has 1 aromatic rings. The van der Waals surface area contributed by atoms with Crippen LogP contribution < -0.4 is 0 Å². The van der Waals surface area contributed by atoms with Gasteiger partial charge in [0.1, 0.15) is 5.78 Å². The van der Waals surface area contributed by atoms with E-state index in [0.29, 0.717) is 13.0 Å². The van der Waals surface area contributed by atoms with Crippen molar-refractivity contribution < 1.29 is 31.7 Å². The van der Waals surface area contributed by atoms with Crippen LogP contribution in [0.1, 0.15) is 51.9 Å². The summed E-state index contributed by atoms with van der Waals surface area (Å²) in [6, 6.07) is 6.07.